The Bertz CT molecular complexity index is 1220. The molecular formula is C24H24N4O3S. The number of rotatable bonds is 9. The molecule has 2 aromatic carbocycles. The molecule has 0 aliphatic rings. The molecule has 4 rings (SSSR count). The third-order valence-electron chi connectivity index (χ3n) is 5.03. The average molecular weight is 449 g/mol. The Hall–Kier alpha value is -3.52. The summed E-state index contributed by atoms with van der Waals surface area (Å²) in [7, 11) is 3.96. The number of anilines is 1. The Morgan fingerprint density at radius 3 is 2.78 bits per heavy atom. The standard InChI is InChI=1S/C24H24N4O3S/c1-28(2)22-11-17-8-9-25-20(17)13-23(22)32-15-18(14-29)26-24(30)21-12-19(31-27-21)10-16-6-4-3-5-7-16/h3-9,11-14,18,25H,10,15H2,1-2H3,(H,26,30)/t18-/m1/s1. The van der Waals surface area contributed by atoms with Crippen molar-refractivity contribution in [2.24, 2.45) is 0 Å². The Balaban J connectivity index is 1.40. The van der Waals surface area contributed by atoms with Crippen LogP contribution in [0.25, 0.3) is 10.9 Å². The normalized spacial score (nSPS) is 11.9. The summed E-state index contributed by atoms with van der Waals surface area (Å²) in [6.45, 7) is 0. The van der Waals surface area contributed by atoms with Crippen LogP contribution in [0.2, 0.25) is 0 Å². The van der Waals surface area contributed by atoms with Gasteiger partial charge in [-0.2, -0.15) is 0 Å². The number of fused-ring (bicyclic) bond motifs is 1. The second-order valence-corrected chi connectivity index (χ2v) is 8.71. The van der Waals surface area contributed by atoms with Crippen molar-refractivity contribution in [3.05, 3.63) is 77.8 Å². The van der Waals surface area contributed by atoms with Crippen LogP contribution >= 0.6 is 11.8 Å². The number of aldehydes is 1. The Morgan fingerprint density at radius 1 is 1.22 bits per heavy atom. The molecule has 164 valence electrons. The van der Waals surface area contributed by atoms with Crippen LogP contribution < -0.4 is 10.2 Å². The van der Waals surface area contributed by atoms with Gasteiger partial charge in [0.05, 0.1) is 11.7 Å². The average Bonchev–Trinajstić information content (AvgIpc) is 3.45. The highest BCUT2D eigenvalue weighted by atomic mass is 32.2. The van der Waals surface area contributed by atoms with Crippen molar-refractivity contribution in [2.75, 3.05) is 24.7 Å². The summed E-state index contributed by atoms with van der Waals surface area (Å²) in [6, 6.07) is 16.9. The predicted molar refractivity (Wildman–Crippen MR) is 126 cm³/mol. The fourth-order valence-electron chi connectivity index (χ4n) is 3.37. The van der Waals surface area contributed by atoms with E-state index in [2.05, 4.69) is 27.6 Å². The van der Waals surface area contributed by atoms with Crippen molar-refractivity contribution in [3.63, 3.8) is 0 Å². The molecule has 1 atom stereocenters. The number of nitrogens with one attached hydrogen (secondary N) is 2. The van der Waals surface area contributed by atoms with Gasteiger partial charge in [-0.25, -0.2) is 0 Å². The highest BCUT2D eigenvalue weighted by molar-refractivity contribution is 7.99. The minimum Gasteiger partial charge on any atom is -0.377 e. The van der Waals surface area contributed by atoms with E-state index >= 15 is 0 Å². The number of nitrogens with zero attached hydrogens (tertiary/aromatic N) is 2. The van der Waals surface area contributed by atoms with Crippen molar-refractivity contribution >= 4 is 40.5 Å². The van der Waals surface area contributed by atoms with E-state index in [1.54, 1.807) is 6.07 Å². The number of hydrogen-bond acceptors (Lipinski definition) is 6. The van der Waals surface area contributed by atoms with Crippen LogP contribution in [0.15, 0.2) is 70.2 Å². The third kappa shape index (κ3) is 5.03. The van der Waals surface area contributed by atoms with Crippen molar-refractivity contribution in [1.82, 2.24) is 15.5 Å². The maximum atomic E-state index is 12.6. The summed E-state index contributed by atoms with van der Waals surface area (Å²) < 4.78 is 5.30. The molecule has 0 bridgehead atoms. The van der Waals surface area contributed by atoms with Crippen molar-refractivity contribution in [1.29, 1.82) is 0 Å². The van der Waals surface area contributed by atoms with Crippen LogP contribution in [0.1, 0.15) is 21.8 Å². The second-order valence-electron chi connectivity index (χ2n) is 7.65. The Labute approximate surface area is 190 Å². The van der Waals surface area contributed by atoms with E-state index in [4.69, 9.17) is 4.52 Å². The monoisotopic (exact) mass is 448 g/mol. The lowest BCUT2D eigenvalue weighted by atomic mass is 10.1. The zero-order chi connectivity index (χ0) is 22.5. The zero-order valence-electron chi connectivity index (χ0n) is 17.9. The van der Waals surface area contributed by atoms with E-state index in [9.17, 15) is 9.59 Å². The minimum atomic E-state index is -0.656. The molecule has 4 aromatic rings. The van der Waals surface area contributed by atoms with Gasteiger partial charge < -0.3 is 24.5 Å². The largest absolute Gasteiger partial charge is 0.377 e. The topological polar surface area (TPSA) is 91.2 Å². The third-order valence-corrected chi connectivity index (χ3v) is 6.19. The van der Waals surface area contributed by atoms with Gasteiger partial charge in [0.1, 0.15) is 12.0 Å². The van der Waals surface area contributed by atoms with Gasteiger partial charge >= 0.3 is 0 Å². The van der Waals surface area contributed by atoms with Gasteiger partial charge in [-0.05, 0) is 23.8 Å². The van der Waals surface area contributed by atoms with Crippen molar-refractivity contribution in [3.8, 4) is 0 Å². The van der Waals surface area contributed by atoms with Gasteiger partial charge in [0.25, 0.3) is 5.91 Å². The lowest BCUT2D eigenvalue weighted by Gasteiger charge is -2.19. The number of amides is 1. The molecular weight excluding hydrogens is 424 g/mol. The SMILES string of the molecule is CN(C)c1cc2cc[nH]c2cc1SC[C@@H](C=O)NC(=O)c1cc(Cc2ccccc2)on1. The predicted octanol–water partition coefficient (Wildman–Crippen LogP) is 3.90. The van der Waals surface area contributed by atoms with E-state index in [-0.39, 0.29) is 5.69 Å². The highest BCUT2D eigenvalue weighted by Crippen LogP contribution is 2.33. The molecule has 0 aliphatic heterocycles. The molecule has 0 spiro atoms. The molecule has 0 aliphatic carbocycles. The number of thioether (sulfide) groups is 1. The number of carbonyl (C=O) groups excluding carboxylic acids is 2. The molecule has 8 heteroatoms. The molecule has 0 unspecified atom stereocenters. The molecule has 2 heterocycles. The first kappa shape index (κ1) is 21.7. The smallest absolute Gasteiger partial charge is 0.274 e. The number of H-pyrrole nitrogens is 1. The van der Waals surface area contributed by atoms with Crippen LogP contribution in [0.3, 0.4) is 0 Å². The molecule has 0 fully saturated rings. The zero-order valence-corrected chi connectivity index (χ0v) is 18.7. The summed E-state index contributed by atoms with van der Waals surface area (Å²) in [5.41, 5.74) is 3.31. The second kappa shape index (κ2) is 9.74. The summed E-state index contributed by atoms with van der Waals surface area (Å²) in [4.78, 5) is 30.5. The maximum Gasteiger partial charge on any atom is 0.274 e. The molecule has 2 aromatic heterocycles. The molecule has 2 N–H and O–H groups in total. The molecule has 7 nitrogen and oxygen atoms in total. The lowest BCUT2D eigenvalue weighted by Crippen LogP contribution is -2.38. The van der Waals surface area contributed by atoms with Gasteiger partial charge in [-0.1, -0.05) is 35.5 Å². The van der Waals surface area contributed by atoms with Crippen LogP contribution in [-0.4, -0.2) is 48.2 Å². The number of carbonyl (C=O) groups is 2. The first-order valence-corrected chi connectivity index (χ1v) is 11.2. The summed E-state index contributed by atoms with van der Waals surface area (Å²) >= 11 is 1.52. The van der Waals surface area contributed by atoms with E-state index in [1.165, 1.54) is 11.8 Å². The Kier molecular flexibility index (Phi) is 6.61. The van der Waals surface area contributed by atoms with E-state index in [0.29, 0.717) is 17.9 Å². The summed E-state index contributed by atoms with van der Waals surface area (Å²) in [6.07, 6.45) is 3.19. The van der Waals surface area contributed by atoms with E-state index < -0.39 is 11.9 Å². The van der Waals surface area contributed by atoms with Crippen LogP contribution in [0, 0.1) is 0 Å². The number of aromatic amines is 1. The van der Waals surface area contributed by atoms with Gasteiger partial charge in [0.15, 0.2) is 5.69 Å². The quantitative estimate of drug-likeness (QED) is 0.298. The van der Waals surface area contributed by atoms with Crippen LogP contribution in [0.5, 0.6) is 0 Å². The molecule has 0 saturated carbocycles. The number of benzene rings is 2. The number of hydrogen-bond donors (Lipinski definition) is 2. The molecule has 0 saturated heterocycles. The van der Waals surface area contributed by atoms with E-state index in [0.717, 1.165) is 33.3 Å². The first-order valence-electron chi connectivity index (χ1n) is 10.2. The Morgan fingerprint density at radius 2 is 2.03 bits per heavy atom. The molecule has 32 heavy (non-hydrogen) atoms. The van der Waals surface area contributed by atoms with Gasteiger partial charge in [-0.15, -0.1) is 11.8 Å². The first-order chi connectivity index (χ1) is 15.5. The van der Waals surface area contributed by atoms with Crippen LogP contribution in [0.4, 0.5) is 5.69 Å². The van der Waals surface area contributed by atoms with Gasteiger partial charge in [0.2, 0.25) is 0 Å². The summed E-state index contributed by atoms with van der Waals surface area (Å²) in [5.74, 6) is 0.559. The minimum absolute atomic E-state index is 0.162. The fourth-order valence-corrected chi connectivity index (χ4v) is 4.48. The van der Waals surface area contributed by atoms with Crippen molar-refractivity contribution in [2.45, 2.75) is 17.4 Å². The van der Waals surface area contributed by atoms with Gasteiger partial charge in [0, 0.05) is 54.3 Å². The highest BCUT2D eigenvalue weighted by Gasteiger charge is 2.18. The summed E-state index contributed by atoms with van der Waals surface area (Å²) in [5, 5.41) is 7.72. The number of aromatic nitrogens is 2. The van der Waals surface area contributed by atoms with Crippen molar-refractivity contribution < 1.29 is 14.1 Å². The molecule has 1 amide bonds. The maximum absolute atomic E-state index is 12.6. The lowest BCUT2D eigenvalue weighted by molar-refractivity contribution is -0.109. The van der Waals surface area contributed by atoms with Gasteiger partial charge in [-0.3, -0.25) is 4.79 Å². The van der Waals surface area contributed by atoms with Crippen LogP contribution in [-0.2, 0) is 11.2 Å². The fraction of sp³-hybridized carbons (Fsp3) is 0.208. The van der Waals surface area contributed by atoms with E-state index in [1.807, 2.05) is 61.6 Å². The molecule has 0 radical (unpaired) electrons.